The number of rotatable bonds is 1. The highest BCUT2D eigenvalue weighted by molar-refractivity contribution is 5.75. The van der Waals surface area contributed by atoms with Gasteiger partial charge in [0, 0.05) is 32.2 Å². The third-order valence-electron chi connectivity index (χ3n) is 3.52. The number of hydrogen-bond donors (Lipinski definition) is 1. The third-order valence-corrected chi connectivity index (χ3v) is 3.52. The van der Waals surface area contributed by atoms with Crippen molar-refractivity contribution in [1.82, 2.24) is 9.80 Å². The van der Waals surface area contributed by atoms with Crippen molar-refractivity contribution < 1.29 is 4.79 Å². The lowest BCUT2D eigenvalue weighted by atomic mass is 10.0. The van der Waals surface area contributed by atoms with Crippen LogP contribution in [0.2, 0.25) is 0 Å². The first kappa shape index (κ1) is 10.7. The third kappa shape index (κ3) is 2.25. The first-order valence-electron chi connectivity index (χ1n) is 6.08. The molecule has 2 fully saturated rings. The van der Waals surface area contributed by atoms with Crippen LogP contribution in [0.15, 0.2) is 0 Å². The van der Waals surface area contributed by atoms with Gasteiger partial charge in [-0.15, -0.1) is 0 Å². The highest BCUT2D eigenvalue weighted by Crippen LogP contribution is 2.19. The maximum atomic E-state index is 12.2. The van der Waals surface area contributed by atoms with E-state index in [9.17, 15) is 4.79 Å². The van der Waals surface area contributed by atoms with Crippen molar-refractivity contribution in [3.05, 3.63) is 0 Å². The van der Waals surface area contributed by atoms with Gasteiger partial charge in [0.25, 0.3) is 0 Å². The smallest absolute Gasteiger partial charge is 0.320 e. The predicted octanol–water partition coefficient (Wildman–Crippen LogP) is 1.02. The fraction of sp³-hybridized carbons (Fsp3) is 0.909. The molecule has 0 aromatic heterocycles. The molecule has 2 aliphatic heterocycles. The van der Waals surface area contributed by atoms with Gasteiger partial charge in [0.15, 0.2) is 0 Å². The quantitative estimate of drug-likeness (QED) is 0.704. The number of carbonyl (C=O) groups is 1. The van der Waals surface area contributed by atoms with Crippen LogP contribution in [0.1, 0.15) is 32.1 Å². The summed E-state index contributed by atoms with van der Waals surface area (Å²) in [6.07, 6.45) is 5.75. The second kappa shape index (κ2) is 4.84. The molecule has 0 bridgehead atoms. The first-order chi connectivity index (χ1) is 7.33. The summed E-state index contributed by atoms with van der Waals surface area (Å²) in [5, 5.41) is 0. The molecule has 86 valence electrons. The molecule has 0 aromatic rings. The molecule has 4 heteroatoms. The van der Waals surface area contributed by atoms with E-state index in [2.05, 4.69) is 0 Å². The molecule has 2 heterocycles. The Morgan fingerprint density at radius 2 is 1.80 bits per heavy atom. The average Bonchev–Trinajstić information content (AvgIpc) is 2.81. The van der Waals surface area contributed by atoms with Crippen LogP contribution in [-0.4, -0.2) is 48.1 Å². The lowest BCUT2D eigenvalue weighted by Crippen LogP contribution is -2.52. The molecule has 1 unspecified atom stereocenters. The van der Waals surface area contributed by atoms with Crippen LogP contribution in [-0.2, 0) is 0 Å². The zero-order valence-corrected chi connectivity index (χ0v) is 9.32. The Morgan fingerprint density at radius 3 is 2.47 bits per heavy atom. The molecule has 1 atom stereocenters. The topological polar surface area (TPSA) is 49.6 Å². The number of amides is 2. The van der Waals surface area contributed by atoms with Crippen molar-refractivity contribution in [1.29, 1.82) is 0 Å². The van der Waals surface area contributed by atoms with Crippen LogP contribution < -0.4 is 5.73 Å². The van der Waals surface area contributed by atoms with Gasteiger partial charge in [-0.05, 0) is 32.1 Å². The van der Waals surface area contributed by atoms with Crippen molar-refractivity contribution in [3.8, 4) is 0 Å². The summed E-state index contributed by atoms with van der Waals surface area (Å²) >= 11 is 0. The predicted molar refractivity (Wildman–Crippen MR) is 59.6 cm³/mol. The van der Waals surface area contributed by atoms with Crippen LogP contribution in [0.4, 0.5) is 4.79 Å². The summed E-state index contributed by atoms with van der Waals surface area (Å²) < 4.78 is 0. The first-order valence-corrected chi connectivity index (χ1v) is 6.08. The second-order valence-corrected chi connectivity index (χ2v) is 4.56. The highest BCUT2D eigenvalue weighted by atomic mass is 16.2. The molecule has 4 nitrogen and oxygen atoms in total. The van der Waals surface area contributed by atoms with Crippen molar-refractivity contribution in [2.75, 3.05) is 26.2 Å². The number of piperidine rings is 1. The van der Waals surface area contributed by atoms with E-state index in [1.807, 2.05) is 9.80 Å². The SMILES string of the molecule is NCC1CCCCN1C(=O)N1CCCC1. The van der Waals surface area contributed by atoms with Crippen LogP contribution in [0.25, 0.3) is 0 Å². The molecular weight excluding hydrogens is 190 g/mol. The maximum absolute atomic E-state index is 12.2. The fourth-order valence-corrected chi connectivity index (χ4v) is 2.59. The van der Waals surface area contributed by atoms with E-state index in [4.69, 9.17) is 5.73 Å². The number of nitrogens with zero attached hydrogens (tertiary/aromatic N) is 2. The normalized spacial score (nSPS) is 27.1. The van der Waals surface area contributed by atoms with Crippen molar-refractivity contribution >= 4 is 6.03 Å². The van der Waals surface area contributed by atoms with Crippen molar-refractivity contribution in [3.63, 3.8) is 0 Å². The highest BCUT2D eigenvalue weighted by Gasteiger charge is 2.30. The summed E-state index contributed by atoms with van der Waals surface area (Å²) in [4.78, 5) is 16.1. The Balaban J connectivity index is 1.96. The zero-order valence-electron chi connectivity index (χ0n) is 9.32. The molecule has 0 radical (unpaired) electrons. The molecular formula is C11H21N3O. The number of nitrogens with two attached hydrogens (primary N) is 1. The minimum absolute atomic E-state index is 0.225. The standard InChI is InChI=1S/C11H21N3O/c12-9-10-5-1-2-8-14(10)11(15)13-6-3-4-7-13/h10H,1-9,12H2. The molecule has 2 aliphatic rings. The summed E-state index contributed by atoms with van der Waals surface area (Å²) in [5.74, 6) is 0. The maximum Gasteiger partial charge on any atom is 0.320 e. The van der Waals surface area contributed by atoms with Crippen LogP contribution >= 0.6 is 0 Å². The molecule has 0 aliphatic carbocycles. The lowest BCUT2D eigenvalue weighted by Gasteiger charge is -2.37. The van der Waals surface area contributed by atoms with Crippen LogP contribution in [0.5, 0.6) is 0 Å². The molecule has 15 heavy (non-hydrogen) atoms. The Kier molecular flexibility index (Phi) is 3.46. The van der Waals surface area contributed by atoms with Gasteiger partial charge in [0.2, 0.25) is 0 Å². The van der Waals surface area contributed by atoms with E-state index in [1.54, 1.807) is 0 Å². The van der Waals surface area contributed by atoms with Gasteiger partial charge in [0.05, 0.1) is 0 Å². The zero-order chi connectivity index (χ0) is 10.7. The molecule has 2 rings (SSSR count). The molecule has 2 saturated heterocycles. The van der Waals surface area contributed by atoms with E-state index in [-0.39, 0.29) is 12.1 Å². The molecule has 0 spiro atoms. The van der Waals surface area contributed by atoms with Crippen molar-refractivity contribution in [2.24, 2.45) is 5.73 Å². The van der Waals surface area contributed by atoms with Gasteiger partial charge >= 0.3 is 6.03 Å². The van der Waals surface area contributed by atoms with Gasteiger partial charge in [-0.3, -0.25) is 0 Å². The summed E-state index contributed by atoms with van der Waals surface area (Å²) in [6, 6.07) is 0.509. The summed E-state index contributed by atoms with van der Waals surface area (Å²) in [6.45, 7) is 3.38. The molecule has 2 amide bonds. The number of hydrogen-bond acceptors (Lipinski definition) is 2. The lowest BCUT2D eigenvalue weighted by molar-refractivity contribution is 0.124. The summed E-state index contributed by atoms with van der Waals surface area (Å²) in [5.41, 5.74) is 5.72. The Morgan fingerprint density at radius 1 is 1.13 bits per heavy atom. The van der Waals surface area contributed by atoms with Gasteiger partial charge in [-0.25, -0.2) is 4.79 Å². The largest absolute Gasteiger partial charge is 0.328 e. The molecule has 0 saturated carbocycles. The fourth-order valence-electron chi connectivity index (χ4n) is 2.59. The van der Waals surface area contributed by atoms with Crippen molar-refractivity contribution in [2.45, 2.75) is 38.1 Å². The van der Waals surface area contributed by atoms with Gasteiger partial charge < -0.3 is 15.5 Å². The van der Waals surface area contributed by atoms with E-state index >= 15 is 0 Å². The van der Waals surface area contributed by atoms with Crippen LogP contribution in [0.3, 0.4) is 0 Å². The number of urea groups is 1. The molecule has 0 aromatic carbocycles. The monoisotopic (exact) mass is 211 g/mol. The summed E-state index contributed by atoms with van der Waals surface area (Å²) in [7, 11) is 0. The number of carbonyl (C=O) groups excluding carboxylic acids is 1. The average molecular weight is 211 g/mol. The van der Waals surface area contributed by atoms with E-state index < -0.39 is 0 Å². The van der Waals surface area contributed by atoms with Gasteiger partial charge in [-0.2, -0.15) is 0 Å². The van der Waals surface area contributed by atoms with Gasteiger partial charge in [0.1, 0.15) is 0 Å². The minimum atomic E-state index is 0.225. The molecule has 2 N–H and O–H groups in total. The Hall–Kier alpha value is -0.770. The Bertz CT molecular complexity index is 226. The number of likely N-dealkylation sites (tertiary alicyclic amines) is 2. The van der Waals surface area contributed by atoms with Crippen LogP contribution in [0, 0.1) is 0 Å². The van der Waals surface area contributed by atoms with E-state index in [0.29, 0.717) is 6.54 Å². The van der Waals surface area contributed by atoms with E-state index in [0.717, 1.165) is 45.3 Å². The second-order valence-electron chi connectivity index (χ2n) is 4.56. The van der Waals surface area contributed by atoms with E-state index in [1.165, 1.54) is 6.42 Å². The minimum Gasteiger partial charge on any atom is -0.328 e. The van der Waals surface area contributed by atoms with Gasteiger partial charge in [-0.1, -0.05) is 0 Å². The Labute approximate surface area is 91.4 Å².